The molecule has 0 bridgehead atoms. The average Bonchev–Trinajstić information content (AvgIpc) is 3.60. The van der Waals surface area contributed by atoms with E-state index in [-0.39, 0.29) is 5.41 Å². The summed E-state index contributed by atoms with van der Waals surface area (Å²) in [4.78, 5) is 2.46. The molecule has 0 saturated carbocycles. The van der Waals surface area contributed by atoms with Crippen LogP contribution < -0.4 is 4.90 Å². The first-order valence-electron chi connectivity index (χ1n) is 16.0. The van der Waals surface area contributed by atoms with E-state index in [0.29, 0.717) is 0 Å². The van der Waals surface area contributed by atoms with E-state index >= 15 is 0 Å². The molecule has 2 nitrogen and oxygen atoms in total. The molecule has 0 spiro atoms. The molecule has 10 rings (SSSR count). The Kier molecular flexibility index (Phi) is 5.16. The Balaban J connectivity index is 1.05. The predicted octanol–water partition coefficient (Wildman–Crippen LogP) is 11.6. The second-order valence-electron chi connectivity index (χ2n) is 12.7. The highest BCUT2D eigenvalue weighted by Crippen LogP contribution is 2.62. The van der Waals surface area contributed by atoms with Crippen LogP contribution in [-0.2, 0) is 5.41 Å². The molecule has 8 aromatic rings. The van der Waals surface area contributed by atoms with Gasteiger partial charge in [-0.3, -0.25) is 0 Å². The average molecular weight is 587 g/mol. The molecule has 216 valence electrons. The molecule has 2 heterocycles. The number of nitrogens with zero attached hydrogens (tertiary/aromatic N) is 2. The van der Waals surface area contributed by atoms with Gasteiger partial charge in [0.1, 0.15) is 0 Å². The maximum absolute atomic E-state index is 2.46. The summed E-state index contributed by atoms with van der Waals surface area (Å²) in [5, 5.41) is 2.57. The van der Waals surface area contributed by atoms with Gasteiger partial charge in [0, 0.05) is 27.6 Å². The van der Waals surface area contributed by atoms with Gasteiger partial charge in [-0.05, 0) is 94.4 Å². The van der Waals surface area contributed by atoms with Crippen LogP contribution in [0.25, 0.3) is 49.7 Å². The van der Waals surface area contributed by atoms with Crippen molar-refractivity contribution >= 4 is 38.9 Å². The van der Waals surface area contributed by atoms with E-state index in [1.807, 2.05) is 0 Å². The Bertz CT molecular complexity index is 2430. The molecule has 2 heteroatoms. The minimum Gasteiger partial charge on any atom is -0.310 e. The molecule has 2 aliphatic rings. The molecule has 7 aromatic carbocycles. The van der Waals surface area contributed by atoms with E-state index in [9.17, 15) is 0 Å². The molecule has 0 saturated heterocycles. The summed E-state index contributed by atoms with van der Waals surface area (Å²) in [6.07, 6.45) is 0. The summed E-state index contributed by atoms with van der Waals surface area (Å²) in [6, 6.07) is 60.1. The van der Waals surface area contributed by atoms with Gasteiger partial charge in [0.15, 0.2) is 0 Å². The van der Waals surface area contributed by atoms with Crippen LogP contribution in [0.1, 0.15) is 23.6 Å². The molecule has 46 heavy (non-hydrogen) atoms. The highest BCUT2D eigenvalue weighted by Gasteiger charge is 2.47. The number of hydrogen-bond acceptors (Lipinski definition) is 1. The van der Waals surface area contributed by atoms with Gasteiger partial charge in [-0.15, -0.1) is 0 Å². The van der Waals surface area contributed by atoms with E-state index in [4.69, 9.17) is 0 Å². The lowest BCUT2D eigenvalue weighted by Gasteiger charge is -2.42. The molecule has 0 N–H and O–H groups in total. The van der Waals surface area contributed by atoms with Gasteiger partial charge in [-0.2, -0.15) is 0 Å². The fourth-order valence-corrected chi connectivity index (χ4v) is 8.35. The van der Waals surface area contributed by atoms with Gasteiger partial charge < -0.3 is 9.47 Å². The number of hydrogen-bond donors (Lipinski definition) is 0. The van der Waals surface area contributed by atoms with Crippen molar-refractivity contribution in [3.05, 3.63) is 180 Å². The molecule has 1 aromatic heterocycles. The van der Waals surface area contributed by atoms with Gasteiger partial charge in [0.25, 0.3) is 0 Å². The van der Waals surface area contributed by atoms with Crippen LogP contribution in [0.2, 0.25) is 0 Å². The summed E-state index contributed by atoms with van der Waals surface area (Å²) < 4.78 is 2.37. The number of fused-ring (bicyclic) bond motifs is 8. The van der Waals surface area contributed by atoms with Gasteiger partial charge >= 0.3 is 0 Å². The van der Waals surface area contributed by atoms with Crippen molar-refractivity contribution in [2.75, 3.05) is 4.90 Å². The molecule has 1 atom stereocenters. The predicted molar refractivity (Wildman–Crippen MR) is 192 cm³/mol. The summed E-state index contributed by atoms with van der Waals surface area (Å²) in [5.74, 6) is 0. The molecular weight excluding hydrogens is 556 g/mol. The number of aromatic nitrogens is 1. The van der Waals surface area contributed by atoms with Gasteiger partial charge in [-0.25, -0.2) is 0 Å². The van der Waals surface area contributed by atoms with E-state index in [0.717, 1.165) is 0 Å². The second-order valence-corrected chi connectivity index (χ2v) is 12.7. The van der Waals surface area contributed by atoms with E-state index in [1.165, 1.54) is 83.5 Å². The highest BCUT2D eigenvalue weighted by atomic mass is 15.2. The van der Waals surface area contributed by atoms with Crippen molar-refractivity contribution < 1.29 is 0 Å². The van der Waals surface area contributed by atoms with Crippen molar-refractivity contribution in [2.24, 2.45) is 0 Å². The Morgan fingerprint density at radius 2 is 0.935 bits per heavy atom. The third kappa shape index (κ3) is 3.31. The topological polar surface area (TPSA) is 8.17 Å². The van der Waals surface area contributed by atoms with Gasteiger partial charge in [0.05, 0.1) is 22.4 Å². The van der Waals surface area contributed by atoms with Crippen LogP contribution >= 0.6 is 0 Å². The SMILES string of the molecule is CC12c3ccccc3-c3cccc(c31)N(c1ccc(-c3ccc(-n4c5ccccc5c5ccccc54)cc3)cc1)c1ccccc12. The molecule has 1 unspecified atom stereocenters. The lowest BCUT2D eigenvalue weighted by atomic mass is 9.70. The fraction of sp³-hybridized carbons (Fsp3) is 0.0455. The van der Waals surface area contributed by atoms with Crippen molar-refractivity contribution in [1.29, 1.82) is 0 Å². The van der Waals surface area contributed by atoms with Crippen LogP contribution in [0.3, 0.4) is 0 Å². The fourth-order valence-electron chi connectivity index (χ4n) is 8.35. The third-order valence-electron chi connectivity index (χ3n) is 10.4. The van der Waals surface area contributed by atoms with Crippen LogP contribution in [-0.4, -0.2) is 4.57 Å². The first kappa shape index (κ1) is 25.5. The normalized spacial score (nSPS) is 16.0. The molecule has 0 radical (unpaired) electrons. The van der Waals surface area contributed by atoms with Crippen LogP contribution in [0.15, 0.2) is 164 Å². The number of rotatable bonds is 3. The third-order valence-corrected chi connectivity index (χ3v) is 10.4. The molecule has 1 aliphatic carbocycles. The zero-order valence-corrected chi connectivity index (χ0v) is 25.5. The first-order valence-corrected chi connectivity index (χ1v) is 16.0. The first-order chi connectivity index (χ1) is 22.7. The van der Waals surface area contributed by atoms with Crippen molar-refractivity contribution in [3.63, 3.8) is 0 Å². The van der Waals surface area contributed by atoms with Crippen LogP contribution in [0.4, 0.5) is 17.1 Å². The monoisotopic (exact) mass is 586 g/mol. The number of anilines is 3. The smallest absolute Gasteiger partial charge is 0.0541 e. The summed E-state index contributed by atoms with van der Waals surface area (Å²) in [6.45, 7) is 2.41. The Labute approximate surface area is 268 Å². The largest absolute Gasteiger partial charge is 0.310 e. The van der Waals surface area contributed by atoms with Crippen molar-refractivity contribution in [2.45, 2.75) is 12.3 Å². The summed E-state index contributed by atoms with van der Waals surface area (Å²) in [7, 11) is 0. The van der Waals surface area contributed by atoms with Gasteiger partial charge in [-0.1, -0.05) is 115 Å². The Morgan fingerprint density at radius 3 is 1.63 bits per heavy atom. The molecule has 1 aliphatic heterocycles. The quantitative estimate of drug-likeness (QED) is 0.200. The maximum Gasteiger partial charge on any atom is 0.0541 e. The Hall–Kier alpha value is -5.86. The highest BCUT2D eigenvalue weighted by molar-refractivity contribution is 6.09. The van der Waals surface area contributed by atoms with Crippen molar-refractivity contribution in [3.8, 4) is 27.9 Å². The second kappa shape index (κ2) is 9.32. The van der Waals surface area contributed by atoms with E-state index in [1.54, 1.807) is 0 Å². The summed E-state index contributed by atoms with van der Waals surface area (Å²) in [5.41, 5.74) is 16.4. The Morgan fingerprint density at radius 1 is 0.413 bits per heavy atom. The van der Waals surface area contributed by atoms with Gasteiger partial charge in [0.2, 0.25) is 0 Å². The van der Waals surface area contributed by atoms with Crippen LogP contribution in [0, 0.1) is 0 Å². The molecular formula is C44H30N2. The lowest BCUT2D eigenvalue weighted by Crippen LogP contribution is -2.32. The zero-order valence-electron chi connectivity index (χ0n) is 25.5. The zero-order chi connectivity index (χ0) is 30.4. The standard InChI is InChI=1S/C44H30N2/c1-44-37-15-5-2-11-33(37)36-14-10-20-42(43(36)44)46(41-19-9-6-16-38(41)44)32-27-23-30(24-28-32)29-21-25-31(26-22-29)45-39-17-7-3-12-34(39)35-13-4-8-18-40(35)45/h2-28H,1H3. The lowest BCUT2D eigenvalue weighted by molar-refractivity contribution is 0.702. The summed E-state index contributed by atoms with van der Waals surface area (Å²) >= 11 is 0. The number of benzene rings is 7. The molecule has 0 fully saturated rings. The minimum absolute atomic E-state index is 0.187. The van der Waals surface area contributed by atoms with E-state index < -0.39 is 0 Å². The molecule has 0 amide bonds. The van der Waals surface area contributed by atoms with Crippen molar-refractivity contribution in [1.82, 2.24) is 4.57 Å². The maximum atomic E-state index is 2.46. The minimum atomic E-state index is -0.187. The van der Waals surface area contributed by atoms with E-state index in [2.05, 4.69) is 180 Å². The van der Waals surface area contributed by atoms with Crippen LogP contribution in [0.5, 0.6) is 0 Å². The number of para-hydroxylation sites is 3.